The van der Waals surface area contributed by atoms with E-state index < -0.39 is 0 Å². The molecule has 0 amide bonds. The summed E-state index contributed by atoms with van der Waals surface area (Å²) in [6.45, 7) is 18.3. The molecule has 0 saturated carbocycles. The maximum absolute atomic E-state index is 2.46. The Hall–Kier alpha value is -0.0700. The van der Waals surface area contributed by atoms with Crippen LogP contribution in [0.5, 0.6) is 0 Å². The van der Waals surface area contributed by atoms with Crippen LogP contribution in [0.1, 0.15) is 52.2 Å². The quantitative estimate of drug-likeness (QED) is 0.353. The van der Waals surface area contributed by atoms with E-state index in [0.29, 0.717) is 5.04 Å². The normalized spacial score (nSPS) is 18.8. The molecule has 1 unspecified atom stereocenters. The molecule has 1 aliphatic carbocycles. The third-order valence-electron chi connectivity index (χ3n) is 4.99. The third-order valence-corrected chi connectivity index (χ3v) is 7.59. The predicted octanol–water partition coefficient (Wildman–Crippen LogP) is 7.36. The first-order valence-corrected chi connectivity index (χ1v) is 10.6. The van der Waals surface area contributed by atoms with Gasteiger partial charge in [-0.05, 0) is 31.4 Å². The molecule has 0 fully saturated rings. The Morgan fingerprint density at radius 3 is 1.88 bits per heavy atom. The molecule has 1 aromatic carbocycles. The van der Waals surface area contributed by atoms with Crippen molar-refractivity contribution in [1.82, 2.24) is 0 Å². The zero-order valence-electron chi connectivity index (χ0n) is 17.7. The second-order valence-corrected chi connectivity index (χ2v) is 9.86. The van der Waals surface area contributed by atoms with Gasteiger partial charge in [-0.25, -0.2) is 6.07 Å². The number of allylic oxidation sites excluding steroid dienone is 4. The van der Waals surface area contributed by atoms with Crippen LogP contribution in [-0.2, 0) is 32.6 Å². The van der Waals surface area contributed by atoms with Crippen LogP contribution in [0.15, 0.2) is 41.0 Å². The molecule has 0 aromatic heterocycles. The Morgan fingerprint density at radius 1 is 1.08 bits per heavy atom. The second kappa shape index (κ2) is 12.3. The van der Waals surface area contributed by atoms with E-state index in [4.69, 9.17) is 0 Å². The molecule has 0 N–H and O–H groups in total. The molecular formula is C22H38SiZr. The zero-order chi connectivity index (χ0) is 16.2. The Morgan fingerprint density at radius 2 is 1.62 bits per heavy atom. The molecule has 1 aromatic rings. The molecule has 134 valence electrons. The Kier molecular flexibility index (Phi) is 14.7. The molecule has 2 radical (unpaired) electrons. The van der Waals surface area contributed by atoms with Crippen molar-refractivity contribution in [2.24, 2.45) is 0 Å². The first kappa shape index (κ1) is 28.7. The van der Waals surface area contributed by atoms with Crippen LogP contribution in [0, 0.1) is 21.8 Å². The van der Waals surface area contributed by atoms with Crippen molar-refractivity contribution in [3.05, 3.63) is 67.0 Å². The Labute approximate surface area is 173 Å². The SMILES string of the molecule is CC1=CC(C)([Si](C)C)C(C)=C1C.CCCc1c[cH-]c(C)c1.[CH3-].[CH3-].[Zr+3]. The molecule has 1 atom stereocenters. The summed E-state index contributed by atoms with van der Waals surface area (Å²) in [7, 11) is -0.259. The van der Waals surface area contributed by atoms with Gasteiger partial charge < -0.3 is 14.9 Å². The first-order chi connectivity index (χ1) is 9.72. The summed E-state index contributed by atoms with van der Waals surface area (Å²) in [4.78, 5) is 0. The maximum atomic E-state index is 2.46. The van der Waals surface area contributed by atoms with E-state index in [1.165, 1.54) is 35.1 Å². The summed E-state index contributed by atoms with van der Waals surface area (Å²) in [5, 5.41) is 0.416. The van der Waals surface area contributed by atoms with Crippen LogP contribution in [-0.4, -0.2) is 8.80 Å². The smallest absolute Gasteiger partial charge is 0.358 e. The van der Waals surface area contributed by atoms with Gasteiger partial charge in [-0.15, -0.1) is 0 Å². The molecule has 0 saturated heterocycles. The summed E-state index contributed by atoms with van der Waals surface area (Å²) in [6, 6.07) is 6.63. The van der Waals surface area contributed by atoms with Gasteiger partial charge in [0.15, 0.2) is 0 Å². The minimum absolute atomic E-state index is 0. The van der Waals surface area contributed by atoms with Crippen molar-refractivity contribution >= 4 is 8.80 Å². The van der Waals surface area contributed by atoms with Crippen LogP contribution in [0.2, 0.25) is 18.1 Å². The molecule has 2 heteroatoms. The van der Waals surface area contributed by atoms with Crippen molar-refractivity contribution in [1.29, 1.82) is 0 Å². The maximum Gasteiger partial charge on any atom is 3.00 e. The molecule has 2 rings (SSSR count). The Bertz CT molecular complexity index is 534. The second-order valence-electron chi connectivity index (χ2n) is 6.83. The summed E-state index contributed by atoms with van der Waals surface area (Å²) < 4.78 is 0. The molecule has 0 bridgehead atoms. The van der Waals surface area contributed by atoms with Gasteiger partial charge in [0.1, 0.15) is 0 Å². The van der Waals surface area contributed by atoms with E-state index in [1.54, 1.807) is 5.57 Å². The van der Waals surface area contributed by atoms with Gasteiger partial charge in [0, 0.05) is 0 Å². The monoisotopic (exact) mass is 420 g/mol. The topological polar surface area (TPSA) is 0 Å². The number of hydrogen-bond donors (Lipinski definition) is 0. The van der Waals surface area contributed by atoms with Gasteiger partial charge in [-0.1, -0.05) is 63.9 Å². The standard InChI is InChI=1S/C11H19Si.C9H13.2CH3.Zr/c1-8-7-11(4,12(5)6)10(3)9(8)2;1-3-4-9-6-5-8(2)7-9;;;/h7H,1-6H3;5-7H,3-4H2,1-2H3;2*1H3;/q;3*-1;+3. The summed E-state index contributed by atoms with van der Waals surface area (Å²) in [5.41, 5.74) is 7.47. The van der Waals surface area contributed by atoms with Crippen molar-refractivity contribution in [3.8, 4) is 0 Å². The summed E-state index contributed by atoms with van der Waals surface area (Å²) in [6.07, 6.45) is 4.95. The first-order valence-electron chi connectivity index (χ1n) is 8.13. The molecular weight excluding hydrogens is 384 g/mol. The average molecular weight is 422 g/mol. The van der Waals surface area contributed by atoms with Crippen molar-refractivity contribution in [3.63, 3.8) is 0 Å². The van der Waals surface area contributed by atoms with Crippen LogP contribution >= 0.6 is 0 Å². The van der Waals surface area contributed by atoms with E-state index in [1.807, 2.05) is 0 Å². The summed E-state index contributed by atoms with van der Waals surface area (Å²) >= 11 is 0. The number of rotatable bonds is 3. The van der Waals surface area contributed by atoms with E-state index in [2.05, 4.69) is 78.9 Å². The molecule has 0 aliphatic heterocycles. The fourth-order valence-electron chi connectivity index (χ4n) is 2.93. The zero-order valence-corrected chi connectivity index (χ0v) is 21.2. The van der Waals surface area contributed by atoms with Gasteiger partial charge in [0.25, 0.3) is 0 Å². The van der Waals surface area contributed by atoms with Gasteiger partial charge in [-0.2, -0.15) is 23.3 Å². The molecule has 0 heterocycles. The predicted molar refractivity (Wildman–Crippen MR) is 112 cm³/mol. The van der Waals surface area contributed by atoms with E-state index in [9.17, 15) is 0 Å². The van der Waals surface area contributed by atoms with Crippen LogP contribution < -0.4 is 0 Å². The van der Waals surface area contributed by atoms with E-state index in [-0.39, 0.29) is 49.9 Å². The largest absolute Gasteiger partial charge is 3.00 e. The fourth-order valence-corrected chi connectivity index (χ4v) is 4.37. The molecule has 24 heavy (non-hydrogen) atoms. The minimum Gasteiger partial charge on any atom is -0.358 e. The number of hydrogen-bond acceptors (Lipinski definition) is 0. The van der Waals surface area contributed by atoms with Crippen LogP contribution in [0.4, 0.5) is 0 Å². The van der Waals surface area contributed by atoms with Crippen molar-refractivity contribution < 1.29 is 26.2 Å². The third kappa shape index (κ3) is 7.04. The van der Waals surface area contributed by atoms with Gasteiger partial charge >= 0.3 is 26.2 Å². The van der Waals surface area contributed by atoms with E-state index in [0.717, 1.165) is 0 Å². The molecule has 0 spiro atoms. The minimum atomic E-state index is -0.259. The van der Waals surface area contributed by atoms with Gasteiger partial charge in [0.2, 0.25) is 0 Å². The summed E-state index contributed by atoms with van der Waals surface area (Å²) in [5.74, 6) is 0. The Balaban J connectivity index is -0.000000336. The van der Waals surface area contributed by atoms with Crippen molar-refractivity contribution in [2.75, 3.05) is 0 Å². The molecule has 0 nitrogen and oxygen atoms in total. The van der Waals surface area contributed by atoms with E-state index >= 15 is 0 Å². The van der Waals surface area contributed by atoms with Crippen molar-refractivity contribution in [2.45, 2.75) is 72.5 Å². The fraction of sp³-hybridized carbons (Fsp3) is 0.500. The van der Waals surface area contributed by atoms with Crippen LogP contribution in [0.3, 0.4) is 0 Å². The number of aryl methyl sites for hydroxylation is 2. The van der Waals surface area contributed by atoms with Gasteiger partial charge in [-0.3, -0.25) is 0 Å². The van der Waals surface area contributed by atoms with Gasteiger partial charge in [0.05, 0.1) is 8.80 Å². The van der Waals surface area contributed by atoms with Crippen LogP contribution in [0.25, 0.3) is 0 Å². The molecule has 1 aliphatic rings. The average Bonchev–Trinajstić information content (AvgIpc) is 2.90.